The second-order valence-electron chi connectivity index (χ2n) is 4.91. The highest BCUT2D eigenvalue weighted by Crippen LogP contribution is 2.42. The molecule has 0 spiro atoms. The number of aliphatic hydroxyl groups is 2. The van der Waals surface area contributed by atoms with Crippen LogP contribution in [0.4, 0.5) is 14.6 Å². The van der Waals surface area contributed by atoms with Crippen molar-refractivity contribution < 1.29 is 23.7 Å². The predicted octanol–water partition coefficient (Wildman–Crippen LogP) is -0.390. The minimum Gasteiger partial charge on any atom is -0.391 e. The van der Waals surface area contributed by atoms with E-state index >= 15 is 0 Å². The molecule has 1 aliphatic heterocycles. The summed E-state index contributed by atoms with van der Waals surface area (Å²) in [6, 6.07) is 2.88. The SMILES string of the molecule is C=N[C@]1(CO)O[C@@H](c2ccc3c(N)nc(F)nn23)[C@H](F)[C@@H]1O. The molecule has 8 nitrogen and oxygen atoms in total. The quantitative estimate of drug-likeness (QED) is 0.664. The molecule has 118 valence electrons. The largest absolute Gasteiger partial charge is 0.391 e. The lowest BCUT2D eigenvalue weighted by atomic mass is 10.0. The van der Waals surface area contributed by atoms with E-state index in [1.54, 1.807) is 0 Å². The fraction of sp³-hybridized carbons (Fsp3) is 0.417. The third kappa shape index (κ3) is 1.88. The van der Waals surface area contributed by atoms with Gasteiger partial charge in [-0.05, 0) is 18.9 Å². The van der Waals surface area contributed by atoms with Gasteiger partial charge in [0.25, 0.3) is 0 Å². The highest BCUT2D eigenvalue weighted by Gasteiger charge is 2.56. The number of hydrogen-bond donors (Lipinski definition) is 3. The summed E-state index contributed by atoms with van der Waals surface area (Å²) in [4.78, 5) is 6.85. The van der Waals surface area contributed by atoms with Crippen LogP contribution in [0.3, 0.4) is 0 Å². The predicted molar refractivity (Wildman–Crippen MR) is 71.5 cm³/mol. The van der Waals surface area contributed by atoms with Gasteiger partial charge in [0.05, 0.1) is 12.3 Å². The van der Waals surface area contributed by atoms with Crippen LogP contribution >= 0.6 is 0 Å². The van der Waals surface area contributed by atoms with Crippen molar-refractivity contribution in [1.29, 1.82) is 0 Å². The average molecular weight is 313 g/mol. The van der Waals surface area contributed by atoms with E-state index in [-0.39, 0.29) is 17.0 Å². The highest BCUT2D eigenvalue weighted by atomic mass is 19.1. The van der Waals surface area contributed by atoms with Gasteiger partial charge >= 0.3 is 6.08 Å². The summed E-state index contributed by atoms with van der Waals surface area (Å²) in [6.45, 7) is 2.44. The number of anilines is 1. The van der Waals surface area contributed by atoms with Crippen LogP contribution < -0.4 is 5.73 Å². The molecule has 0 aromatic carbocycles. The minimum absolute atomic E-state index is 0.105. The van der Waals surface area contributed by atoms with Gasteiger partial charge in [0.2, 0.25) is 5.72 Å². The molecule has 0 amide bonds. The van der Waals surface area contributed by atoms with E-state index in [0.717, 1.165) is 4.52 Å². The number of nitrogen functional groups attached to an aromatic ring is 1. The Labute approximate surface area is 122 Å². The van der Waals surface area contributed by atoms with Gasteiger partial charge in [-0.15, -0.1) is 5.10 Å². The number of nitrogens with zero attached hydrogens (tertiary/aromatic N) is 4. The maximum absolute atomic E-state index is 14.4. The zero-order valence-electron chi connectivity index (χ0n) is 11.2. The first-order chi connectivity index (χ1) is 10.4. The molecule has 4 atom stereocenters. The molecule has 10 heteroatoms. The number of aromatic nitrogens is 3. The molecule has 0 aliphatic carbocycles. The number of rotatable bonds is 3. The summed E-state index contributed by atoms with van der Waals surface area (Å²) in [5, 5.41) is 22.8. The molecule has 3 heterocycles. The lowest BCUT2D eigenvalue weighted by Crippen LogP contribution is -2.43. The van der Waals surface area contributed by atoms with Crippen LogP contribution in [0.2, 0.25) is 0 Å². The fourth-order valence-corrected chi connectivity index (χ4v) is 2.53. The molecule has 0 unspecified atom stereocenters. The van der Waals surface area contributed by atoms with Crippen molar-refractivity contribution in [2.24, 2.45) is 4.99 Å². The third-order valence-electron chi connectivity index (χ3n) is 3.71. The molecule has 2 aromatic rings. The second-order valence-corrected chi connectivity index (χ2v) is 4.91. The highest BCUT2D eigenvalue weighted by molar-refractivity contribution is 5.65. The molecular formula is C12H13F2N5O3. The van der Waals surface area contributed by atoms with Crippen molar-refractivity contribution in [3.63, 3.8) is 0 Å². The normalized spacial score (nSPS) is 31.7. The Bertz CT molecular complexity index is 739. The van der Waals surface area contributed by atoms with Crippen molar-refractivity contribution >= 4 is 18.1 Å². The first-order valence-corrected chi connectivity index (χ1v) is 6.33. The van der Waals surface area contributed by atoms with Crippen LogP contribution in [-0.4, -0.2) is 56.1 Å². The Kier molecular flexibility index (Phi) is 3.31. The summed E-state index contributed by atoms with van der Waals surface area (Å²) in [7, 11) is 0. The molecule has 1 saturated heterocycles. The molecule has 3 rings (SSSR count). The van der Waals surface area contributed by atoms with Crippen LogP contribution in [-0.2, 0) is 4.74 Å². The molecule has 22 heavy (non-hydrogen) atoms. The molecule has 4 N–H and O–H groups in total. The third-order valence-corrected chi connectivity index (χ3v) is 3.71. The van der Waals surface area contributed by atoms with E-state index < -0.39 is 36.8 Å². The number of alkyl halides is 1. The lowest BCUT2D eigenvalue weighted by molar-refractivity contribution is -0.106. The Balaban J connectivity index is 2.11. The lowest BCUT2D eigenvalue weighted by Gasteiger charge is -2.24. The van der Waals surface area contributed by atoms with Crippen molar-refractivity contribution in [1.82, 2.24) is 14.6 Å². The summed E-state index contributed by atoms with van der Waals surface area (Å²) in [6.07, 6.45) is -6.07. The Morgan fingerprint density at radius 1 is 1.55 bits per heavy atom. The average Bonchev–Trinajstić information content (AvgIpc) is 3.01. The Morgan fingerprint density at radius 3 is 2.86 bits per heavy atom. The topological polar surface area (TPSA) is 118 Å². The smallest absolute Gasteiger partial charge is 0.327 e. The van der Waals surface area contributed by atoms with Crippen molar-refractivity contribution in [3.8, 4) is 0 Å². The van der Waals surface area contributed by atoms with Gasteiger partial charge in [-0.1, -0.05) is 0 Å². The van der Waals surface area contributed by atoms with E-state index in [0.29, 0.717) is 0 Å². The summed E-state index contributed by atoms with van der Waals surface area (Å²) >= 11 is 0. The molecule has 1 aliphatic rings. The van der Waals surface area contributed by atoms with Gasteiger partial charge in [0.15, 0.2) is 12.0 Å². The molecule has 1 fully saturated rings. The van der Waals surface area contributed by atoms with Crippen molar-refractivity contribution in [2.75, 3.05) is 12.3 Å². The Hall–Kier alpha value is -2.17. The van der Waals surface area contributed by atoms with Crippen molar-refractivity contribution in [2.45, 2.75) is 24.1 Å². The first-order valence-electron chi connectivity index (χ1n) is 6.33. The number of nitrogens with two attached hydrogens (primary N) is 1. The van der Waals surface area contributed by atoms with Crippen LogP contribution in [0.5, 0.6) is 0 Å². The summed E-state index contributed by atoms with van der Waals surface area (Å²) in [5.74, 6) is -0.122. The zero-order chi connectivity index (χ0) is 16.1. The van der Waals surface area contributed by atoms with Crippen LogP contribution in [0.1, 0.15) is 11.8 Å². The van der Waals surface area contributed by atoms with E-state index in [1.807, 2.05) is 0 Å². The second kappa shape index (κ2) is 4.93. The monoisotopic (exact) mass is 313 g/mol. The van der Waals surface area contributed by atoms with E-state index in [4.69, 9.17) is 10.5 Å². The number of aliphatic imine (C=N–C) groups is 1. The number of hydrogen-bond acceptors (Lipinski definition) is 7. The maximum atomic E-state index is 14.4. The van der Waals surface area contributed by atoms with E-state index in [9.17, 15) is 19.0 Å². The summed E-state index contributed by atoms with van der Waals surface area (Å²) in [5.41, 5.74) is 4.05. The number of aliphatic hydroxyl groups excluding tert-OH is 2. The fourth-order valence-electron chi connectivity index (χ4n) is 2.53. The maximum Gasteiger partial charge on any atom is 0.327 e. The Morgan fingerprint density at radius 2 is 2.27 bits per heavy atom. The van der Waals surface area contributed by atoms with Crippen LogP contribution in [0.15, 0.2) is 17.1 Å². The van der Waals surface area contributed by atoms with Gasteiger partial charge in [-0.2, -0.15) is 9.37 Å². The molecular weight excluding hydrogens is 300 g/mol. The standard InChI is InChI=1S/C12H13F2N5O3/c1-16-12(4-20)9(21)7(13)8(22-12)5-2-3-6-10(15)17-11(14)18-19(5)6/h2-3,7-9,20-21H,1,4H2,(H2,15,17,18)/t7-,8-,9-,12+/m0/s1. The van der Waals surface area contributed by atoms with Gasteiger partial charge in [0.1, 0.15) is 17.7 Å². The molecule has 2 aromatic heterocycles. The van der Waals surface area contributed by atoms with Gasteiger partial charge in [-0.3, -0.25) is 4.99 Å². The van der Waals surface area contributed by atoms with Gasteiger partial charge in [-0.25, -0.2) is 8.91 Å². The molecule has 0 bridgehead atoms. The van der Waals surface area contributed by atoms with Crippen LogP contribution in [0, 0.1) is 6.08 Å². The number of ether oxygens (including phenoxy) is 1. The minimum atomic E-state index is -1.92. The van der Waals surface area contributed by atoms with Crippen LogP contribution in [0.25, 0.3) is 5.52 Å². The van der Waals surface area contributed by atoms with Crippen molar-refractivity contribution in [3.05, 3.63) is 23.9 Å². The molecule has 0 radical (unpaired) electrons. The number of fused-ring (bicyclic) bond motifs is 1. The van der Waals surface area contributed by atoms with E-state index in [2.05, 4.69) is 21.8 Å². The molecule has 0 saturated carbocycles. The van der Waals surface area contributed by atoms with E-state index in [1.165, 1.54) is 12.1 Å². The van der Waals surface area contributed by atoms with Gasteiger partial charge < -0.3 is 20.7 Å². The summed E-state index contributed by atoms with van der Waals surface area (Å²) < 4.78 is 34.1. The first kappa shape index (κ1) is 14.8. The van der Waals surface area contributed by atoms with Gasteiger partial charge in [0, 0.05) is 0 Å². The number of halogens is 2. The zero-order valence-corrected chi connectivity index (χ0v) is 11.2.